The summed E-state index contributed by atoms with van der Waals surface area (Å²) in [6, 6.07) is 14.4. The van der Waals surface area contributed by atoms with Crippen LogP contribution >= 0.6 is 0 Å². The number of aliphatic hydroxyl groups is 1. The van der Waals surface area contributed by atoms with Crippen LogP contribution in [0.25, 0.3) is 0 Å². The van der Waals surface area contributed by atoms with Gasteiger partial charge in [-0.15, -0.1) is 0 Å². The molecular weight excluding hydrogens is 761 g/mol. The summed E-state index contributed by atoms with van der Waals surface area (Å²) in [4.78, 5) is 41.7. The van der Waals surface area contributed by atoms with E-state index in [2.05, 4.69) is 26.8 Å². The molecule has 0 aromatic heterocycles. The molecule has 12 atom stereocenters. The molecule has 1 spiro atoms. The van der Waals surface area contributed by atoms with E-state index in [1.54, 1.807) is 49.4 Å². The summed E-state index contributed by atoms with van der Waals surface area (Å²) in [7, 11) is 0. The van der Waals surface area contributed by atoms with E-state index in [9.17, 15) is 19.5 Å². The topological polar surface area (TPSA) is 127 Å². The summed E-state index contributed by atoms with van der Waals surface area (Å²) in [6.07, 6.45) is 9.26. The van der Waals surface area contributed by atoms with E-state index in [4.69, 9.17) is 28.4 Å². The minimum Gasteiger partial charge on any atom is -0.462 e. The van der Waals surface area contributed by atoms with Crippen LogP contribution in [0.3, 0.4) is 0 Å². The molecule has 0 amide bonds. The second kappa shape index (κ2) is 17.9. The zero-order chi connectivity index (χ0) is 42.9. The van der Waals surface area contributed by atoms with Crippen molar-refractivity contribution in [2.45, 2.75) is 142 Å². The maximum atomic E-state index is 14.6. The molecule has 10 heteroatoms. The molecule has 2 bridgehead atoms. The Labute approximate surface area is 355 Å². The number of hydrogen-bond donors (Lipinski definition) is 1. The lowest BCUT2D eigenvalue weighted by Crippen LogP contribution is -2.59. The lowest BCUT2D eigenvalue weighted by Gasteiger charge is -2.51. The van der Waals surface area contributed by atoms with E-state index in [1.165, 1.54) is 0 Å². The number of hydrogen-bond acceptors (Lipinski definition) is 10. The van der Waals surface area contributed by atoms with Gasteiger partial charge in [-0.1, -0.05) is 99.9 Å². The Kier molecular flexibility index (Phi) is 13.1. The Bertz CT molecular complexity index is 2030. The number of esters is 3. The van der Waals surface area contributed by atoms with E-state index in [-0.39, 0.29) is 24.7 Å². The molecule has 0 saturated carbocycles. The molecule has 2 aromatic carbocycles. The summed E-state index contributed by atoms with van der Waals surface area (Å²) < 4.78 is 39.0. The van der Waals surface area contributed by atoms with Crippen LogP contribution in [-0.2, 0) is 33.2 Å². The monoisotopic (exact) mass is 822 g/mol. The molecule has 0 radical (unpaired) electrons. The number of fused-ring (bicyclic) bond motifs is 2. The number of aryl methyl sites for hydroxylation is 2. The normalized spacial score (nSPS) is 37.2. The van der Waals surface area contributed by atoms with Gasteiger partial charge in [0.15, 0.2) is 11.9 Å². The number of carbonyl (C=O) groups excluding carboxylic acids is 3. The average molecular weight is 823 g/mol. The van der Waals surface area contributed by atoms with Crippen molar-refractivity contribution in [3.05, 3.63) is 118 Å². The fraction of sp³-hybridized carbons (Fsp3) is 0.540. The van der Waals surface area contributed by atoms with Gasteiger partial charge in [-0.3, -0.25) is 4.79 Å². The van der Waals surface area contributed by atoms with Crippen LogP contribution in [0.2, 0.25) is 0 Å². The zero-order valence-corrected chi connectivity index (χ0v) is 36.4. The largest absolute Gasteiger partial charge is 0.462 e. The third kappa shape index (κ3) is 8.99. The van der Waals surface area contributed by atoms with E-state index >= 15 is 0 Å². The third-order valence-corrected chi connectivity index (χ3v) is 13.5. The van der Waals surface area contributed by atoms with E-state index in [0.29, 0.717) is 59.8 Å². The number of allylic oxidation sites excluding steroid dienone is 2. The highest BCUT2D eigenvalue weighted by Gasteiger charge is 2.61. The van der Waals surface area contributed by atoms with Crippen molar-refractivity contribution in [2.75, 3.05) is 6.61 Å². The van der Waals surface area contributed by atoms with Crippen LogP contribution in [0, 0.1) is 37.5 Å². The second-order valence-corrected chi connectivity index (χ2v) is 18.1. The first-order valence-electron chi connectivity index (χ1n) is 21.8. The van der Waals surface area contributed by atoms with Crippen molar-refractivity contribution in [1.82, 2.24) is 0 Å². The Hall–Kier alpha value is -4.35. The van der Waals surface area contributed by atoms with Gasteiger partial charge in [-0.25, -0.2) is 9.59 Å². The van der Waals surface area contributed by atoms with Crippen molar-refractivity contribution in [2.24, 2.45) is 23.7 Å². The molecule has 2 aromatic rings. The highest BCUT2D eigenvalue weighted by atomic mass is 16.7. The Morgan fingerprint density at radius 2 is 1.52 bits per heavy atom. The SMILES string of the molecule is CC[C@H](C)[C@H]1O[C@]2(CC[C@@H]1C)C[C@@H]1C[C@@H](C/C=C(\C)[C@@H](OC(=O)c3ccc(C)cc3)[C@@H](C)/C=C/C=C3\CO[C@@H]4[C@H](OC(=O)c5ccc(C)cc5)C(C)=C[C@@H](C(=O)O1)[C@]34O)O2. The predicted molar refractivity (Wildman–Crippen MR) is 227 cm³/mol. The fourth-order valence-electron chi connectivity index (χ4n) is 9.63. The third-order valence-electron chi connectivity index (χ3n) is 13.5. The van der Waals surface area contributed by atoms with E-state index in [0.717, 1.165) is 29.5 Å². The summed E-state index contributed by atoms with van der Waals surface area (Å²) in [6.45, 7) is 16.2. The van der Waals surface area contributed by atoms with Crippen molar-refractivity contribution >= 4 is 17.9 Å². The van der Waals surface area contributed by atoms with Crippen LogP contribution in [0.5, 0.6) is 0 Å². The quantitative estimate of drug-likeness (QED) is 0.172. The lowest BCUT2D eigenvalue weighted by molar-refractivity contribution is -0.340. The minimum absolute atomic E-state index is 0.0143. The van der Waals surface area contributed by atoms with Crippen molar-refractivity contribution < 1.29 is 47.9 Å². The molecule has 0 unspecified atom stereocenters. The standard InChI is InChI=1S/C50H62O10/c1-9-31(4)43-34(7)23-24-49(60-43)27-40-26-39(59-49)22-17-33(6)42(57-46(51)36-18-13-29(2)14-19-36)32(5)11-10-12-38-28-55-45-44(58-47(52)37-20-15-30(3)16-21-37)35(8)25-41(48(53)56-40)50(38,45)54/h10-21,25,31-32,34,39-45,54H,9,22-24,26-28H2,1-8H3/b11-10+,33-17+,38-12+/t31-,32-,34-,39+,40-,41-,42-,43+,44+,45+,49+,50+/m0/s1. The second-order valence-electron chi connectivity index (χ2n) is 18.1. The van der Waals surface area contributed by atoms with Crippen LogP contribution in [-0.4, -0.2) is 77.6 Å². The van der Waals surface area contributed by atoms with Gasteiger partial charge < -0.3 is 33.5 Å². The van der Waals surface area contributed by atoms with Gasteiger partial charge >= 0.3 is 17.9 Å². The van der Waals surface area contributed by atoms with Gasteiger partial charge in [0, 0.05) is 25.2 Å². The number of carbonyl (C=O) groups is 3. The van der Waals surface area contributed by atoms with E-state index in [1.807, 2.05) is 58.0 Å². The predicted octanol–water partition coefficient (Wildman–Crippen LogP) is 8.88. The molecule has 3 fully saturated rings. The van der Waals surface area contributed by atoms with Crippen molar-refractivity contribution in [1.29, 1.82) is 0 Å². The number of rotatable bonds is 6. The fourth-order valence-corrected chi connectivity index (χ4v) is 9.63. The molecule has 1 N–H and O–H groups in total. The average Bonchev–Trinajstić information content (AvgIpc) is 3.56. The number of ether oxygens (including phenoxy) is 6. The maximum Gasteiger partial charge on any atom is 0.338 e. The summed E-state index contributed by atoms with van der Waals surface area (Å²) in [5.41, 5.74) is 2.83. The van der Waals surface area contributed by atoms with Gasteiger partial charge in [0.05, 0.1) is 29.9 Å². The molecule has 60 heavy (non-hydrogen) atoms. The highest BCUT2D eigenvalue weighted by molar-refractivity contribution is 5.90. The summed E-state index contributed by atoms with van der Waals surface area (Å²) in [5.74, 6) is -3.37. The molecule has 7 rings (SSSR count). The first-order chi connectivity index (χ1) is 28.6. The smallest absolute Gasteiger partial charge is 0.338 e. The zero-order valence-electron chi connectivity index (χ0n) is 36.4. The Balaban J connectivity index is 1.27. The van der Waals surface area contributed by atoms with Crippen LogP contribution in [0.4, 0.5) is 0 Å². The van der Waals surface area contributed by atoms with Crippen LogP contribution < -0.4 is 0 Å². The molecule has 4 aliphatic heterocycles. The Morgan fingerprint density at radius 3 is 2.15 bits per heavy atom. The maximum absolute atomic E-state index is 14.6. The molecule has 4 heterocycles. The van der Waals surface area contributed by atoms with Crippen molar-refractivity contribution in [3.63, 3.8) is 0 Å². The molecule has 322 valence electrons. The van der Waals surface area contributed by atoms with Gasteiger partial charge in [0.2, 0.25) is 0 Å². The minimum atomic E-state index is -1.91. The van der Waals surface area contributed by atoms with Gasteiger partial charge in [0.25, 0.3) is 0 Å². The molecule has 3 saturated heterocycles. The molecule has 10 nitrogen and oxygen atoms in total. The molecule has 1 aliphatic carbocycles. The van der Waals surface area contributed by atoms with Gasteiger partial charge in [-0.05, 0) is 93.4 Å². The highest BCUT2D eigenvalue weighted by Crippen LogP contribution is 2.48. The number of benzene rings is 2. The van der Waals surface area contributed by atoms with E-state index < -0.39 is 59.6 Å². The first kappa shape index (κ1) is 43.7. The molecular formula is C50H62O10. The summed E-state index contributed by atoms with van der Waals surface area (Å²) in [5, 5.41) is 12.9. The first-order valence-corrected chi connectivity index (χ1v) is 21.8. The van der Waals surface area contributed by atoms with Gasteiger partial charge in [-0.2, -0.15) is 0 Å². The summed E-state index contributed by atoms with van der Waals surface area (Å²) >= 11 is 0. The Morgan fingerprint density at radius 1 is 0.883 bits per heavy atom. The molecule has 5 aliphatic rings. The van der Waals surface area contributed by atoms with Crippen LogP contribution in [0.15, 0.2) is 95.6 Å². The van der Waals surface area contributed by atoms with Gasteiger partial charge in [0.1, 0.15) is 29.8 Å². The van der Waals surface area contributed by atoms with Crippen molar-refractivity contribution in [3.8, 4) is 0 Å². The van der Waals surface area contributed by atoms with Crippen LogP contribution in [0.1, 0.15) is 112 Å². The lowest BCUT2D eigenvalue weighted by atomic mass is 9.70.